The van der Waals surface area contributed by atoms with Gasteiger partial charge in [0.2, 0.25) is 11.8 Å². The first kappa shape index (κ1) is 20.2. The van der Waals surface area contributed by atoms with Crippen molar-refractivity contribution in [2.75, 3.05) is 11.9 Å². The van der Waals surface area contributed by atoms with Gasteiger partial charge in [0, 0.05) is 15.7 Å². The van der Waals surface area contributed by atoms with E-state index in [1.807, 2.05) is 6.07 Å². The number of carbonyl (C=O) groups is 2. The van der Waals surface area contributed by atoms with Gasteiger partial charge in [-0.2, -0.15) is 0 Å². The van der Waals surface area contributed by atoms with Crippen molar-refractivity contribution in [1.29, 1.82) is 0 Å². The van der Waals surface area contributed by atoms with Crippen LogP contribution in [-0.2, 0) is 16.0 Å². The summed E-state index contributed by atoms with van der Waals surface area (Å²) in [6.07, 6.45) is 0.00852. The van der Waals surface area contributed by atoms with Gasteiger partial charge < -0.3 is 10.2 Å². The van der Waals surface area contributed by atoms with Gasteiger partial charge in [0.25, 0.3) is 0 Å². The van der Waals surface area contributed by atoms with Crippen molar-refractivity contribution in [3.05, 3.63) is 99.5 Å². The Morgan fingerprint density at radius 2 is 1.63 bits per heavy atom. The molecule has 1 aliphatic heterocycles. The van der Waals surface area contributed by atoms with Crippen LogP contribution < -0.4 is 5.32 Å². The van der Waals surface area contributed by atoms with Crippen molar-refractivity contribution in [2.45, 2.75) is 12.5 Å². The van der Waals surface area contributed by atoms with E-state index in [1.54, 1.807) is 36.4 Å². The van der Waals surface area contributed by atoms with Gasteiger partial charge in [0.15, 0.2) is 0 Å². The van der Waals surface area contributed by atoms with Crippen LogP contribution >= 0.6 is 15.9 Å². The molecule has 0 aliphatic carbocycles. The maximum atomic E-state index is 13.5. The summed E-state index contributed by atoms with van der Waals surface area (Å²) in [4.78, 5) is 27.3. The van der Waals surface area contributed by atoms with Gasteiger partial charge >= 0.3 is 0 Å². The zero-order valence-corrected chi connectivity index (χ0v) is 17.3. The van der Waals surface area contributed by atoms with Crippen molar-refractivity contribution in [3.63, 3.8) is 0 Å². The quantitative estimate of drug-likeness (QED) is 0.595. The lowest BCUT2D eigenvalue weighted by Gasteiger charge is -2.31. The van der Waals surface area contributed by atoms with Crippen LogP contribution in [0.5, 0.6) is 0 Å². The number of anilines is 1. The van der Waals surface area contributed by atoms with Crippen molar-refractivity contribution in [3.8, 4) is 0 Å². The Morgan fingerprint density at radius 3 is 2.30 bits per heavy atom. The Balaban J connectivity index is 1.79. The number of amides is 2. The minimum Gasteiger partial charge on any atom is -0.324 e. The topological polar surface area (TPSA) is 49.4 Å². The molecule has 0 fully saturated rings. The highest BCUT2D eigenvalue weighted by atomic mass is 79.9. The van der Waals surface area contributed by atoms with Crippen LogP contribution in [0.2, 0.25) is 0 Å². The summed E-state index contributed by atoms with van der Waals surface area (Å²) in [5.74, 6) is -1.39. The van der Waals surface area contributed by atoms with Crippen LogP contribution in [0.3, 0.4) is 0 Å². The molecule has 0 saturated carbocycles. The molecule has 7 heteroatoms. The second kappa shape index (κ2) is 8.36. The van der Waals surface area contributed by atoms with Gasteiger partial charge in [-0.25, -0.2) is 8.78 Å². The molecule has 0 unspecified atom stereocenters. The van der Waals surface area contributed by atoms with Gasteiger partial charge in [-0.3, -0.25) is 9.59 Å². The van der Waals surface area contributed by atoms with E-state index in [-0.39, 0.29) is 36.4 Å². The molecule has 3 aromatic rings. The number of nitrogens with zero attached hydrogens (tertiary/aromatic N) is 1. The van der Waals surface area contributed by atoms with Crippen LogP contribution in [0.1, 0.15) is 22.7 Å². The first-order valence-electron chi connectivity index (χ1n) is 9.29. The molecular weight excluding hydrogens is 454 g/mol. The third kappa shape index (κ3) is 4.26. The summed E-state index contributed by atoms with van der Waals surface area (Å²) in [6.45, 7) is -0.158. The predicted molar refractivity (Wildman–Crippen MR) is 113 cm³/mol. The molecule has 0 aromatic heterocycles. The maximum Gasteiger partial charge on any atom is 0.244 e. The van der Waals surface area contributed by atoms with E-state index in [0.717, 1.165) is 4.47 Å². The number of fused-ring (bicyclic) bond motifs is 1. The lowest BCUT2D eigenvalue weighted by Crippen LogP contribution is -2.39. The van der Waals surface area contributed by atoms with Crippen molar-refractivity contribution in [2.24, 2.45) is 0 Å². The minimum absolute atomic E-state index is 0.00852. The third-order valence-corrected chi connectivity index (χ3v) is 5.48. The molecule has 1 heterocycles. The van der Waals surface area contributed by atoms with Crippen LogP contribution in [0.4, 0.5) is 14.5 Å². The van der Waals surface area contributed by atoms with Gasteiger partial charge in [0.1, 0.15) is 18.2 Å². The molecule has 0 spiro atoms. The molecule has 30 heavy (non-hydrogen) atoms. The lowest BCUT2D eigenvalue weighted by atomic mass is 9.95. The van der Waals surface area contributed by atoms with Gasteiger partial charge in [-0.1, -0.05) is 40.2 Å². The molecule has 0 bridgehead atoms. The first-order valence-corrected chi connectivity index (χ1v) is 10.1. The van der Waals surface area contributed by atoms with Crippen LogP contribution in [0.15, 0.2) is 71.2 Å². The van der Waals surface area contributed by atoms with E-state index in [2.05, 4.69) is 21.2 Å². The standard InChI is InChI=1S/C23H17BrF2N2O2/c24-16-5-10-20-19(12-16)23(15-3-8-18(26)9-4-15)28(13-21(29)27-20)22(30)11-14-1-6-17(25)7-2-14/h1-10,12,23H,11,13H2,(H,27,29)/t23-/m1/s1. The van der Waals surface area contributed by atoms with Gasteiger partial charge in [0.05, 0.1) is 12.5 Å². The molecule has 4 rings (SSSR count). The summed E-state index contributed by atoms with van der Waals surface area (Å²) in [7, 11) is 0. The average molecular weight is 471 g/mol. The monoisotopic (exact) mass is 470 g/mol. The van der Waals surface area contributed by atoms with Gasteiger partial charge in [-0.15, -0.1) is 0 Å². The van der Waals surface area contributed by atoms with Gasteiger partial charge in [-0.05, 0) is 53.6 Å². The van der Waals surface area contributed by atoms with Crippen molar-refractivity contribution < 1.29 is 18.4 Å². The number of rotatable bonds is 3. The fourth-order valence-corrected chi connectivity index (χ4v) is 3.97. The Kier molecular flexibility index (Phi) is 5.63. The molecule has 0 saturated heterocycles. The highest BCUT2D eigenvalue weighted by molar-refractivity contribution is 9.10. The van der Waals surface area contributed by atoms with Crippen molar-refractivity contribution in [1.82, 2.24) is 4.90 Å². The van der Waals surface area contributed by atoms with E-state index in [9.17, 15) is 18.4 Å². The molecule has 2 amide bonds. The molecule has 1 aliphatic rings. The second-order valence-corrected chi connectivity index (χ2v) is 7.97. The SMILES string of the molecule is O=C1CN(C(=O)Cc2ccc(F)cc2)[C@H](c2ccc(F)cc2)c2cc(Br)ccc2N1. The first-order chi connectivity index (χ1) is 14.4. The lowest BCUT2D eigenvalue weighted by molar-refractivity contribution is -0.135. The minimum atomic E-state index is -0.593. The number of hydrogen-bond donors (Lipinski definition) is 1. The van der Waals surface area contributed by atoms with E-state index < -0.39 is 6.04 Å². The normalized spacial score (nSPS) is 15.9. The zero-order valence-electron chi connectivity index (χ0n) is 15.7. The third-order valence-electron chi connectivity index (χ3n) is 4.98. The van der Waals surface area contributed by atoms with E-state index in [1.165, 1.54) is 29.2 Å². The predicted octanol–water partition coefficient (Wildman–Crippen LogP) is 4.84. The fraction of sp³-hybridized carbons (Fsp3) is 0.130. The number of benzene rings is 3. The summed E-state index contributed by atoms with van der Waals surface area (Å²) in [6, 6.07) is 16.4. The summed E-state index contributed by atoms with van der Waals surface area (Å²) in [5, 5.41) is 2.84. The molecule has 1 N–H and O–H groups in total. The van der Waals surface area contributed by atoms with E-state index in [4.69, 9.17) is 0 Å². The van der Waals surface area contributed by atoms with E-state index >= 15 is 0 Å². The summed E-state index contributed by atoms with van der Waals surface area (Å²) in [5.41, 5.74) is 2.63. The van der Waals surface area contributed by atoms with Crippen LogP contribution in [0.25, 0.3) is 0 Å². The average Bonchev–Trinajstić information content (AvgIpc) is 2.86. The zero-order chi connectivity index (χ0) is 21.3. The molecule has 4 nitrogen and oxygen atoms in total. The molecule has 0 radical (unpaired) electrons. The molecular formula is C23H17BrF2N2O2. The Morgan fingerprint density at radius 1 is 1.00 bits per heavy atom. The second-order valence-electron chi connectivity index (χ2n) is 7.06. The molecule has 1 atom stereocenters. The number of halogens is 3. The Bertz CT molecular complexity index is 1100. The largest absolute Gasteiger partial charge is 0.324 e. The number of carbonyl (C=O) groups excluding carboxylic acids is 2. The van der Waals surface area contributed by atoms with E-state index in [0.29, 0.717) is 22.4 Å². The molecule has 152 valence electrons. The maximum absolute atomic E-state index is 13.5. The Labute approximate surface area is 180 Å². The molecule has 3 aromatic carbocycles. The number of nitrogens with one attached hydrogen (secondary N) is 1. The van der Waals surface area contributed by atoms with Crippen LogP contribution in [0, 0.1) is 11.6 Å². The number of hydrogen-bond acceptors (Lipinski definition) is 2. The van der Waals surface area contributed by atoms with Crippen molar-refractivity contribution >= 4 is 33.4 Å². The highest BCUT2D eigenvalue weighted by Gasteiger charge is 2.33. The highest BCUT2D eigenvalue weighted by Crippen LogP contribution is 2.37. The van der Waals surface area contributed by atoms with Crippen LogP contribution in [-0.4, -0.2) is 23.3 Å². The Hall–Kier alpha value is -3.06. The smallest absolute Gasteiger partial charge is 0.244 e. The summed E-state index contributed by atoms with van der Waals surface area (Å²) >= 11 is 3.45. The summed E-state index contributed by atoms with van der Waals surface area (Å²) < 4.78 is 27.6. The fourth-order valence-electron chi connectivity index (χ4n) is 3.59.